The Morgan fingerprint density at radius 1 is 1.06 bits per heavy atom. The van der Waals surface area contributed by atoms with Crippen molar-refractivity contribution in [3.05, 3.63) is 59.7 Å². The minimum atomic E-state index is -4.87. The van der Waals surface area contributed by atoms with Gasteiger partial charge in [-0.25, -0.2) is 0 Å². The highest BCUT2D eigenvalue weighted by Crippen LogP contribution is 2.30. The quantitative estimate of drug-likeness (QED) is 0.705. The molecule has 1 saturated heterocycles. The molecule has 0 spiro atoms. The molecule has 0 bridgehead atoms. The van der Waals surface area contributed by atoms with Crippen LogP contribution in [0.4, 0.5) is 32.0 Å². The fourth-order valence-corrected chi connectivity index (χ4v) is 3.16. The molecule has 31 heavy (non-hydrogen) atoms. The van der Waals surface area contributed by atoms with E-state index in [0.717, 1.165) is 24.3 Å². The number of alkyl halides is 6. The highest BCUT2D eigenvalue weighted by molar-refractivity contribution is 6.01. The number of halogens is 6. The van der Waals surface area contributed by atoms with Gasteiger partial charge in [0, 0.05) is 18.3 Å². The smallest absolute Gasteiger partial charge is 0.406 e. The zero-order valence-electron chi connectivity index (χ0n) is 15.8. The molecule has 1 aliphatic rings. The van der Waals surface area contributed by atoms with Crippen LogP contribution in [0.25, 0.3) is 0 Å². The summed E-state index contributed by atoms with van der Waals surface area (Å²) in [6.45, 7) is 0.166. The van der Waals surface area contributed by atoms with Crippen LogP contribution in [0.15, 0.2) is 48.5 Å². The molecule has 1 heterocycles. The van der Waals surface area contributed by atoms with Crippen molar-refractivity contribution in [2.45, 2.75) is 31.4 Å². The Morgan fingerprint density at radius 3 is 2.35 bits per heavy atom. The van der Waals surface area contributed by atoms with E-state index in [1.165, 1.54) is 29.2 Å². The Hall–Kier alpha value is -3.24. The number of nitrogens with zero attached hydrogens (tertiary/aromatic N) is 1. The van der Waals surface area contributed by atoms with Gasteiger partial charge in [-0.3, -0.25) is 9.59 Å². The summed E-state index contributed by atoms with van der Waals surface area (Å²) in [6.07, 6.45) is -9.36. The molecule has 0 aromatic heterocycles. The summed E-state index contributed by atoms with van der Waals surface area (Å²) in [6, 6.07) is 8.09. The van der Waals surface area contributed by atoms with Gasteiger partial charge in [0.15, 0.2) is 0 Å². The van der Waals surface area contributed by atoms with Crippen molar-refractivity contribution >= 4 is 17.5 Å². The van der Waals surface area contributed by atoms with E-state index in [-0.39, 0.29) is 25.1 Å². The van der Waals surface area contributed by atoms with Crippen LogP contribution in [0.3, 0.4) is 0 Å². The first kappa shape index (κ1) is 22.4. The van der Waals surface area contributed by atoms with Gasteiger partial charge in [0.05, 0.1) is 12.0 Å². The van der Waals surface area contributed by atoms with Crippen LogP contribution >= 0.6 is 0 Å². The highest BCUT2D eigenvalue weighted by atomic mass is 19.4. The molecule has 2 aromatic rings. The maximum atomic E-state index is 12.6. The van der Waals surface area contributed by atoms with E-state index in [1.807, 2.05) is 0 Å². The van der Waals surface area contributed by atoms with Crippen LogP contribution in [0.2, 0.25) is 0 Å². The monoisotopic (exact) mass is 446 g/mol. The summed E-state index contributed by atoms with van der Waals surface area (Å²) in [4.78, 5) is 26.0. The van der Waals surface area contributed by atoms with Gasteiger partial charge in [0.25, 0.3) is 0 Å². The number of hydrogen-bond acceptors (Lipinski definition) is 3. The number of carbonyl (C=O) groups excluding carboxylic acids is 2. The zero-order valence-corrected chi connectivity index (χ0v) is 15.8. The number of ether oxygens (including phenoxy) is 1. The maximum Gasteiger partial charge on any atom is 0.573 e. The minimum Gasteiger partial charge on any atom is -0.406 e. The lowest BCUT2D eigenvalue weighted by Gasteiger charge is -2.18. The average Bonchev–Trinajstić information content (AvgIpc) is 3.00. The van der Waals surface area contributed by atoms with Crippen molar-refractivity contribution in [3.8, 4) is 5.75 Å². The summed E-state index contributed by atoms with van der Waals surface area (Å²) in [5, 5.41) is 2.51. The number of benzene rings is 2. The number of carbonyl (C=O) groups is 2. The molecule has 3 rings (SSSR count). The molecular weight excluding hydrogens is 430 g/mol. The predicted octanol–water partition coefficient (Wildman–Crippen LogP) is 4.07. The Kier molecular flexibility index (Phi) is 6.14. The summed E-state index contributed by atoms with van der Waals surface area (Å²) >= 11 is 0. The van der Waals surface area contributed by atoms with Crippen molar-refractivity contribution in [3.63, 3.8) is 0 Å². The molecule has 1 N–H and O–H groups in total. The standard InChI is InChI=1S/C20H16F6N2O3/c21-19(22,23)13-6-4-12(5-7-13)10-17(29)27-16-8-9-28(18(16)30)14-2-1-3-15(11-14)31-20(24,25)26/h1-7,11,16H,8-10H2,(H,27,29). The largest absolute Gasteiger partial charge is 0.573 e. The summed E-state index contributed by atoms with van der Waals surface area (Å²) in [7, 11) is 0. The van der Waals surface area contributed by atoms with E-state index in [0.29, 0.717) is 5.56 Å². The van der Waals surface area contributed by atoms with Crippen LogP contribution in [0.5, 0.6) is 5.75 Å². The molecule has 2 aromatic carbocycles. The van der Waals surface area contributed by atoms with Crippen molar-refractivity contribution in [1.82, 2.24) is 5.32 Å². The van der Waals surface area contributed by atoms with E-state index in [4.69, 9.17) is 0 Å². The first-order chi connectivity index (χ1) is 14.4. The third-order valence-corrected chi connectivity index (χ3v) is 4.55. The first-order valence-electron chi connectivity index (χ1n) is 9.05. The fourth-order valence-electron chi connectivity index (χ4n) is 3.16. The number of amides is 2. The second-order valence-electron chi connectivity index (χ2n) is 6.82. The van der Waals surface area contributed by atoms with Crippen LogP contribution in [-0.2, 0) is 22.2 Å². The van der Waals surface area contributed by atoms with Crippen molar-refractivity contribution in [2.24, 2.45) is 0 Å². The average molecular weight is 446 g/mol. The first-order valence-corrected chi connectivity index (χ1v) is 9.05. The predicted molar refractivity (Wildman–Crippen MR) is 97.2 cm³/mol. The van der Waals surface area contributed by atoms with Gasteiger partial charge in [-0.15, -0.1) is 13.2 Å². The van der Waals surface area contributed by atoms with Crippen LogP contribution in [0, 0.1) is 0 Å². The molecule has 2 amide bonds. The molecular formula is C20H16F6N2O3. The lowest BCUT2D eigenvalue weighted by molar-refractivity contribution is -0.274. The molecule has 1 aliphatic heterocycles. The lowest BCUT2D eigenvalue weighted by Crippen LogP contribution is -2.42. The maximum absolute atomic E-state index is 12.6. The van der Waals surface area contributed by atoms with Gasteiger partial charge in [0.2, 0.25) is 11.8 Å². The molecule has 1 fully saturated rings. The zero-order chi connectivity index (χ0) is 22.8. The van der Waals surface area contributed by atoms with Gasteiger partial charge in [-0.1, -0.05) is 18.2 Å². The van der Waals surface area contributed by atoms with Crippen LogP contribution < -0.4 is 15.0 Å². The Balaban J connectivity index is 1.60. The molecule has 166 valence electrons. The van der Waals surface area contributed by atoms with Crippen LogP contribution in [0.1, 0.15) is 17.5 Å². The van der Waals surface area contributed by atoms with Gasteiger partial charge >= 0.3 is 12.5 Å². The van der Waals surface area contributed by atoms with E-state index in [2.05, 4.69) is 10.1 Å². The number of hydrogen-bond donors (Lipinski definition) is 1. The lowest BCUT2D eigenvalue weighted by atomic mass is 10.1. The molecule has 0 aliphatic carbocycles. The summed E-state index contributed by atoms with van der Waals surface area (Å²) in [5.41, 5.74) is -0.314. The van der Waals surface area contributed by atoms with Crippen molar-refractivity contribution in [1.29, 1.82) is 0 Å². The number of anilines is 1. The Morgan fingerprint density at radius 2 is 1.74 bits per heavy atom. The second-order valence-corrected chi connectivity index (χ2v) is 6.82. The molecule has 5 nitrogen and oxygen atoms in total. The minimum absolute atomic E-state index is 0.166. The third kappa shape index (κ3) is 5.89. The molecule has 11 heteroatoms. The fraction of sp³-hybridized carbons (Fsp3) is 0.300. The Labute approximate surface area is 172 Å². The molecule has 1 unspecified atom stereocenters. The van der Waals surface area contributed by atoms with Crippen molar-refractivity contribution < 1.29 is 40.7 Å². The van der Waals surface area contributed by atoms with Crippen LogP contribution in [-0.4, -0.2) is 30.8 Å². The van der Waals surface area contributed by atoms with Gasteiger partial charge < -0.3 is 15.0 Å². The van der Waals surface area contributed by atoms with Gasteiger partial charge in [0.1, 0.15) is 11.8 Å². The normalized spacial score (nSPS) is 17.0. The summed E-state index contributed by atoms with van der Waals surface area (Å²) in [5.74, 6) is -1.55. The van der Waals surface area contributed by atoms with E-state index in [9.17, 15) is 35.9 Å². The SMILES string of the molecule is O=C(Cc1ccc(C(F)(F)F)cc1)NC1CCN(c2cccc(OC(F)(F)F)c2)C1=O. The number of nitrogens with one attached hydrogen (secondary N) is 1. The Bertz CT molecular complexity index is 957. The van der Waals surface area contributed by atoms with Gasteiger partial charge in [-0.2, -0.15) is 13.2 Å². The van der Waals surface area contributed by atoms with E-state index in [1.54, 1.807) is 0 Å². The number of rotatable bonds is 5. The highest BCUT2D eigenvalue weighted by Gasteiger charge is 2.35. The molecule has 0 radical (unpaired) electrons. The van der Waals surface area contributed by atoms with E-state index >= 15 is 0 Å². The summed E-state index contributed by atoms with van der Waals surface area (Å²) < 4.78 is 78.8. The molecule has 0 saturated carbocycles. The van der Waals surface area contributed by atoms with Crippen molar-refractivity contribution in [2.75, 3.05) is 11.4 Å². The third-order valence-electron chi connectivity index (χ3n) is 4.55. The second kappa shape index (κ2) is 8.48. The topological polar surface area (TPSA) is 58.6 Å². The van der Waals surface area contributed by atoms with Gasteiger partial charge in [-0.05, 0) is 36.2 Å². The molecule has 1 atom stereocenters. The van der Waals surface area contributed by atoms with E-state index < -0.39 is 41.7 Å².